The monoisotopic (exact) mass is 400 g/mol. The number of rotatable bonds is 9. The highest BCUT2D eigenvalue weighted by Gasteiger charge is 2.29. The Morgan fingerprint density at radius 3 is 2.66 bits per heavy atom. The molecule has 0 saturated heterocycles. The number of aryl methyl sites for hydroxylation is 1. The molecular weight excluding hydrogens is 374 g/mol. The second kappa shape index (κ2) is 10.0. The number of amides is 1. The van der Waals surface area contributed by atoms with E-state index < -0.39 is 17.6 Å². The van der Waals surface area contributed by atoms with Crippen molar-refractivity contribution in [1.29, 1.82) is 5.26 Å². The molecule has 6 heteroatoms. The summed E-state index contributed by atoms with van der Waals surface area (Å²) in [6.07, 6.45) is 1.05. The van der Waals surface area contributed by atoms with Gasteiger partial charge in [0.2, 0.25) is 0 Å². The van der Waals surface area contributed by atoms with Gasteiger partial charge in [-0.05, 0) is 43.5 Å². The first-order valence-electron chi connectivity index (χ1n) is 9.67. The number of nitrogens with zero attached hydrogens (tertiary/aromatic N) is 1. The van der Waals surface area contributed by atoms with Crippen molar-refractivity contribution in [2.75, 3.05) is 6.54 Å². The van der Waals surface area contributed by atoms with Gasteiger partial charge >= 0.3 is 0 Å². The van der Waals surface area contributed by atoms with Crippen LogP contribution in [-0.4, -0.2) is 18.6 Å². The van der Waals surface area contributed by atoms with Crippen molar-refractivity contribution in [2.24, 2.45) is 0 Å². The first-order valence-corrected chi connectivity index (χ1v) is 9.67. The summed E-state index contributed by atoms with van der Waals surface area (Å²) in [5.41, 5.74) is 1.76. The molecule has 0 saturated carbocycles. The van der Waals surface area contributed by atoms with Crippen LogP contribution >= 0.6 is 0 Å². The van der Waals surface area contributed by atoms with Gasteiger partial charge in [0.25, 0.3) is 11.8 Å². The molecule has 0 aliphatic rings. The van der Waals surface area contributed by atoms with E-state index in [4.69, 9.17) is 10.00 Å². The Balaban J connectivity index is 2.05. The minimum absolute atomic E-state index is 0.112. The lowest BCUT2D eigenvalue weighted by Crippen LogP contribution is -2.39. The van der Waals surface area contributed by atoms with Crippen molar-refractivity contribution >= 4 is 5.91 Å². The molecule has 1 N–H and O–H groups in total. The van der Waals surface area contributed by atoms with Crippen molar-refractivity contribution < 1.29 is 18.3 Å². The number of ether oxygens (including phenoxy) is 1. The zero-order valence-corrected chi connectivity index (χ0v) is 17.0. The summed E-state index contributed by atoms with van der Waals surface area (Å²) < 4.78 is 33.3. The summed E-state index contributed by atoms with van der Waals surface area (Å²) in [4.78, 5) is 12.6. The zero-order chi connectivity index (χ0) is 21.4. The fraction of sp³-hybridized carbons (Fsp3) is 0.391. The van der Waals surface area contributed by atoms with Gasteiger partial charge in [-0.1, -0.05) is 43.2 Å². The third-order valence-electron chi connectivity index (χ3n) is 4.50. The number of halogens is 2. The first-order chi connectivity index (χ1) is 13.7. The Labute approximate surface area is 170 Å². The molecule has 1 unspecified atom stereocenters. The highest BCUT2D eigenvalue weighted by atomic mass is 19.3. The third-order valence-corrected chi connectivity index (χ3v) is 4.50. The molecule has 1 atom stereocenters. The van der Waals surface area contributed by atoms with Crippen LogP contribution in [0.25, 0.3) is 0 Å². The highest BCUT2D eigenvalue weighted by Crippen LogP contribution is 2.32. The van der Waals surface area contributed by atoms with Crippen molar-refractivity contribution in [3.05, 3.63) is 64.7 Å². The molecule has 2 rings (SSSR count). The maximum absolute atomic E-state index is 13.8. The normalized spacial score (nSPS) is 12.1. The Hall–Kier alpha value is -2.94. The van der Waals surface area contributed by atoms with Crippen LogP contribution in [0.2, 0.25) is 0 Å². The van der Waals surface area contributed by atoms with E-state index in [2.05, 4.69) is 11.4 Å². The molecule has 154 valence electrons. The molecule has 0 radical (unpaired) electrons. The molecule has 0 aromatic heterocycles. The number of alkyl halides is 2. The molecule has 4 nitrogen and oxygen atoms in total. The molecule has 29 heavy (non-hydrogen) atoms. The molecule has 0 fully saturated rings. The van der Waals surface area contributed by atoms with Crippen LogP contribution in [-0.2, 0) is 17.1 Å². The zero-order valence-electron chi connectivity index (χ0n) is 17.0. The predicted octanol–water partition coefficient (Wildman–Crippen LogP) is 4.88. The number of carbonyl (C=O) groups excluding carboxylic acids is 1. The predicted molar refractivity (Wildman–Crippen MR) is 108 cm³/mol. The van der Waals surface area contributed by atoms with Gasteiger partial charge in [0.05, 0.1) is 11.6 Å². The summed E-state index contributed by atoms with van der Waals surface area (Å²) in [5.74, 6) is -3.32. The summed E-state index contributed by atoms with van der Waals surface area (Å²) in [6, 6.07) is 13.7. The molecule has 0 aliphatic carbocycles. The second-order valence-corrected chi connectivity index (χ2v) is 7.13. The Morgan fingerprint density at radius 1 is 1.28 bits per heavy atom. The second-order valence-electron chi connectivity index (χ2n) is 7.13. The van der Waals surface area contributed by atoms with Gasteiger partial charge in [0, 0.05) is 19.0 Å². The van der Waals surface area contributed by atoms with Gasteiger partial charge in [-0.2, -0.15) is 5.26 Å². The molecule has 1 amide bonds. The minimum Gasteiger partial charge on any atom is -0.481 e. The Morgan fingerprint density at radius 2 is 2.03 bits per heavy atom. The molecular formula is C23H26F2N2O2. The molecule has 2 aromatic rings. The van der Waals surface area contributed by atoms with Gasteiger partial charge in [-0.15, -0.1) is 0 Å². The molecule has 0 spiro atoms. The number of carbonyl (C=O) groups is 1. The largest absolute Gasteiger partial charge is 0.481 e. The quantitative estimate of drug-likeness (QED) is 0.652. The van der Waals surface area contributed by atoms with E-state index in [-0.39, 0.29) is 17.2 Å². The smallest absolute Gasteiger partial charge is 0.271 e. The van der Waals surface area contributed by atoms with E-state index in [0.29, 0.717) is 25.8 Å². The average Bonchev–Trinajstić information content (AvgIpc) is 2.67. The van der Waals surface area contributed by atoms with E-state index in [9.17, 15) is 13.6 Å². The van der Waals surface area contributed by atoms with Crippen LogP contribution in [0, 0.1) is 18.3 Å². The molecule has 0 heterocycles. The van der Waals surface area contributed by atoms with Crippen LogP contribution in [0.4, 0.5) is 8.78 Å². The fourth-order valence-corrected chi connectivity index (χ4v) is 3.04. The lowest BCUT2D eigenvalue weighted by atomic mass is 10.0. The van der Waals surface area contributed by atoms with Gasteiger partial charge in [-0.25, -0.2) is 8.78 Å². The Bertz CT molecular complexity index is 885. The van der Waals surface area contributed by atoms with E-state index in [0.717, 1.165) is 24.1 Å². The van der Waals surface area contributed by atoms with Gasteiger partial charge in [0.15, 0.2) is 6.10 Å². The summed E-state index contributed by atoms with van der Waals surface area (Å²) in [5, 5.41) is 11.9. The Kier molecular flexibility index (Phi) is 7.72. The van der Waals surface area contributed by atoms with Crippen molar-refractivity contribution in [3.8, 4) is 11.8 Å². The molecule has 0 aliphatic heterocycles. The lowest BCUT2D eigenvalue weighted by Gasteiger charge is -2.20. The van der Waals surface area contributed by atoms with Crippen LogP contribution in [0.15, 0.2) is 42.5 Å². The van der Waals surface area contributed by atoms with Gasteiger partial charge in [-0.3, -0.25) is 4.79 Å². The summed E-state index contributed by atoms with van der Waals surface area (Å²) in [6.45, 7) is 5.12. The van der Waals surface area contributed by atoms with Crippen LogP contribution in [0.5, 0.6) is 5.75 Å². The van der Waals surface area contributed by atoms with E-state index >= 15 is 0 Å². The minimum atomic E-state index is -3.18. The van der Waals surface area contributed by atoms with Crippen molar-refractivity contribution in [2.45, 2.75) is 52.1 Å². The fourth-order valence-electron chi connectivity index (χ4n) is 3.04. The molecule has 0 bridgehead atoms. The molecule has 2 aromatic carbocycles. The van der Waals surface area contributed by atoms with E-state index in [1.54, 1.807) is 6.07 Å². The van der Waals surface area contributed by atoms with Crippen molar-refractivity contribution in [3.63, 3.8) is 0 Å². The van der Waals surface area contributed by atoms with E-state index in [1.807, 2.05) is 32.0 Å². The van der Waals surface area contributed by atoms with Crippen LogP contribution < -0.4 is 10.1 Å². The third kappa shape index (κ3) is 6.56. The maximum atomic E-state index is 13.8. The lowest BCUT2D eigenvalue weighted by molar-refractivity contribution is -0.128. The maximum Gasteiger partial charge on any atom is 0.271 e. The van der Waals surface area contributed by atoms with Crippen molar-refractivity contribution in [1.82, 2.24) is 5.32 Å². The van der Waals surface area contributed by atoms with E-state index in [1.165, 1.54) is 12.1 Å². The van der Waals surface area contributed by atoms with Crippen LogP contribution in [0.1, 0.15) is 48.9 Å². The standard InChI is InChI=1S/C23H26F2N2O2/c1-4-6-21(22(28)27-12-11-17-8-5-7-16(2)13-17)29-19-10-9-18(15-26)20(14-19)23(3,24)25/h5,7-10,13-14,21H,4,6,11-12H2,1-3H3,(H,27,28). The summed E-state index contributed by atoms with van der Waals surface area (Å²) in [7, 11) is 0. The number of nitrogens with one attached hydrogen (secondary N) is 1. The number of benzene rings is 2. The highest BCUT2D eigenvalue weighted by molar-refractivity contribution is 5.81. The van der Waals surface area contributed by atoms with Crippen LogP contribution in [0.3, 0.4) is 0 Å². The van der Waals surface area contributed by atoms with Gasteiger partial charge in [0.1, 0.15) is 5.75 Å². The SMILES string of the molecule is CCCC(Oc1ccc(C#N)c(C(C)(F)F)c1)C(=O)NCCc1cccc(C)c1. The summed E-state index contributed by atoms with van der Waals surface area (Å²) >= 11 is 0. The van der Waals surface area contributed by atoms with Gasteiger partial charge < -0.3 is 10.1 Å². The number of nitriles is 1. The number of hydrogen-bond donors (Lipinski definition) is 1. The topological polar surface area (TPSA) is 62.1 Å². The average molecular weight is 400 g/mol. The first kappa shape index (κ1) is 22.4. The number of hydrogen-bond acceptors (Lipinski definition) is 3.